The molecule has 0 unspecified atom stereocenters. The standard InChI is InChI=1S/C27H23N5OS/c1-3-31-23(16-18-29-31)24(33)15-14-22-19(2)30-32(21-11-5-4-6-12-21)27(22)34-25-13-7-9-20-10-8-17-28-26(20)25/h4-18H,3H2,1-2H3/b15-14+. The monoisotopic (exact) mass is 465 g/mol. The van der Waals surface area contributed by atoms with Crippen LogP contribution < -0.4 is 0 Å². The largest absolute Gasteiger partial charge is 0.288 e. The van der Waals surface area contributed by atoms with Gasteiger partial charge in [-0.2, -0.15) is 10.2 Å². The number of ketones is 1. The molecule has 7 heteroatoms. The molecule has 168 valence electrons. The van der Waals surface area contributed by atoms with E-state index < -0.39 is 0 Å². The molecule has 0 saturated heterocycles. The Kier molecular flexibility index (Phi) is 6.10. The molecule has 0 spiro atoms. The average molecular weight is 466 g/mol. The van der Waals surface area contributed by atoms with Crippen molar-refractivity contribution in [2.75, 3.05) is 0 Å². The number of pyridine rings is 1. The zero-order valence-electron chi connectivity index (χ0n) is 18.9. The van der Waals surface area contributed by atoms with Crippen molar-refractivity contribution in [3.8, 4) is 5.69 Å². The highest BCUT2D eigenvalue weighted by molar-refractivity contribution is 7.99. The van der Waals surface area contributed by atoms with Gasteiger partial charge in [0, 0.05) is 34.8 Å². The highest BCUT2D eigenvalue weighted by Crippen LogP contribution is 2.37. The first-order valence-electron chi connectivity index (χ1n) is 11.1. The maximum Gasteiger partial charge on any atom is 0.203 e. The summed E-state index contributed by atoms with van der Waals surface area (Å²) in [6, 6.07) is 21.9. The molecule has 5 aromatic rings. The van der Waals surface area contributed by atoms with E-state index in [1.807, 2.05) is 73.3 Å². The van der Waals surface area contributed by atoms with E-state index in [-0.39, 0.29) is 5.78 Å². The van der Waals surface area contributed by atoms with Gasteiger partial charge in [-0.05, 0) is 56.3 Å². The van der Waals surface area contributed by atoms with Crippen LogP contribution in [0, 0.1) is 6.92 Å². The Morgan fingerprint density at radius 2 is 1.82 bits per heavy atom. The second-order valence-corrected chi connectivity index (χ2v) is 8.75. The summed E-state index contributed by atoms with van der Waals surface area (Å²) in [6.45, 7) is 4.57. The van der Waals surface area contributed by atoms with E-state index in [1.165, 1.54) is 0 Å². The van der Waals surface area contributed by atoms with Gasteiger partial charge in [0.1, 0.15) is 10.7 Å². The van der Waals surface area contributed by atoms with Gasteiger partial charge in [-0.3, -0.25) is 14.5 Å². The molecule has 0 aliphatic heterocycles. The summed E-state index contributed by atoms with van der Waals surface area (Å²) >= 11 is 1.60. The molecule has 0 atom stereocenters. The molecule has 6 nitrogen and oxygen atoms in total. The summed E-state index contributed by atoms with van der Waals surface area (Å²) in [7, 11) is 0. The van der Waals surface area contributed by atoms with Gasteiger partial charge in [0.15, 0.2) is 0 Å². The molecule has 0 radical (unpaired) electrons. The number of benzene rings is 2. The van der Waals surface area contributed by atoms with E-state index in [4.69, 9.17) is 5.10 Å². The van der Waals surface area contributed by atoms with Crippen molar-refractivity contribution in [3.63, 3.8) is 0 Å². The Balaban J connectivity index is 1.61. The SMILES string of the molecule is CCn1nccc1C(=O)/C=C/c1c(C)nn(-c2ccccc2)c1Sc1cccc2cccnc12. The number of carbonyl (C=O) groups excluding carboxylic acids is 1. The minimum absolute atomic E-state index is 0.0889. The molecule has 0 aliphatic rings. The number of allylic oxidation sites excluding steroid dienone is 1. The van der Waals surface area contributed by atoms with Crippen molar-refractivity contribution in [3.05, 3.63) is 102 Å². The lowest BCUT2D eigenvalue weighted by Crippen LogP contribution is -2.07. The Bertz CT molecular complexity index is 1500. The molecule has 0 bridgehead atoms. The number of aromatic nitrogens is 5. The van der Waals surface area contributed by atoms with E-state index in [0.717, 1.165) is 37.8 Å². The Labute approximate surface area is 202 Å². The number of nitrogens with zero attached hydrogens (tertiary/aromatic N) is 5. The topological polar surface area (TPSA) is 65.6 Å². The van der Waals surface area contributed by atoms with E-state index in [1.54, 1.807) is 34.8 Å². The van der Waals surface area contributed by atoms with Crippen LogP contribution in [0.15, 0.2) is 95.1 Å². The quantitative estimate of drug-likeness (QED) is 0.218. The maximum atomic E-state index is 12.9. The van der Waals surface area contributed by atoms with Crippen LogP contribution in [-0.2, 0) is 6.54 Å². The second-order valence-electron chi connectivity index (χ2n) is 7.71. The fourth-order valence-electron chi connectivity index (χ4n) is 3.85. The Morgan fingerprint density at radius 1 is 1.00 bits per heavy atom. The van der Waals surface area contributed by atoms with Gasteiger partial charge in [-0.25, -0.2) is 4.68 Å². The summed E-state index contributed by atoms with van der Waals surface area (Å²) in [5, 5.41) is 11.0. The minimum Gasteiger partial charge on any atom is -0.288 e. The lowest BCUT2D eigenvalue weighted by molar-refractivity contribution is 0.103. The van der Waals surface area contributed by atoms with E-state index in [9.17, 15) is 4.79 Å². The predicted molar refractivity (Wildman–Crippen MR) is 135 cm³/mol. The van der Waals surface area contributed by atoms with Crippen LogP contribution in [0.5, 0.6) is 0 Å². The molecule has 0 saturated carbocycles. The second kappa shape index (κ2) is 9.49. The molecule has 2 aromatic carbocycles. The molecule has 0 amide bonds. The maximum absolute atomic E-state index is 12.9. The molecular weight excluding hydrogens is 442 g/mol. The highest BCUT2D eigenvalue weighted by Gasteiger charge is 2.18. The first kappa shape index (κ1) is 21.9. The van der Waals surface area contributed by atoms with E-state index in [0.29, 0.717) is 12.2 Å². The average Bonchev–Trinajstić information content (AvgIpc) is 3.48. The number of hydrogen-bond acceptors (Lipinski definition) is 5. The minimum atomic E-state index is -0.0889. The van der Waals surface area contributed by atoms with Crippen molar-refractivity contribution in [2.45, 2.75) is 30.3 Å². The zero-order chi connectivity index (χ0) is 23.5. The van der Waals surface area contributed by atoms with Gasteiger partial charge < -0.3 is 0 Å². The molecule has 3 aromatic heterocycles. The van der Waals surface area contributed by atoms with Crippen LogP contribution in [0.1, 0.15) is 28.7 Å². The van der Waals surface area contributed by atoms with Gasteiger partial charge in [-0.1, -0.05) is 48.2 Å². The molecule has 34 heavy (non-hydrogen) atoms. The summed E-state index contributed by atoms with van der Waals surface area (Å²) in [4.78, 5) is 18.5. The zero-order valence-corrected chi connectivity index (χ0v) is 19.7. The number of para-hydroxylation sites is 2. The Morgan fingerprint density at radius 3 is 2.65 bits per heavy atom. The van der Waals surface area contributed by atoms with Crippen LogP contribution in [0.3, 0.4) is 0 Å². The molecule has 5 rings (SSSR count). The van der Waals surface area contributed by atoms with E-state index >= 15 is 0 Å². The first-order valence-corrected chi connectivity index (χ1v) is 11.9. The number of rotatable bonds is 7. The van der Waals surface area contributed by atoms with Crippen LogP contribution in [-0.4, -0.2) is 30.3 Å². The lowest BCUT2D eigenvalue weighted by atomic mass is 10.2. The van der Waals surface area contributed by atoms with Crippen molar-refractivity contribution in [1.29, 1.82) is 0 Å². The third kappa shape index (κ3) is 4.18. The van der Waals surface area contributed by atoms with Gasteiger partial charge in [0.25, 0.3) is 0 Å². The lowest BCUT2D eigenvalue weighted by Gasteiger charge is -2.10. The van der Waals surface area contributed by atoms with Crippen molar-refractivity contribution in [2.24, 2.45) is 0 Å². The smallest absolute Gasteiger partial charge is 0.203 e. The normalized spacial score (nSPS) is 11.5. The number of carbonyl (C=O) groups is 1. The van der Waals surface area contributed by atoms with E-state index in [2.05, 4.69) is 28.3 Å². The van der Waals surface area contributed by atoms with Crippen LogP contribution in [0.25, 0.3) is 22.7 Å². The van der Waals surface area contributed by atoms with Crippen LogP contribution in [0.2, 0.25) is 0 Å². The summed E-state index contributed by atoms with van der Waals surface area (Å²) in [5.41, 5.74) is 4.20. The van der Waals surface area contributed by atoms with Crippen molar-refractivity contribution < 1.29 is 4.79 Å². The third-order valence-electron chi connectivity index (χ3n) is 5.54. The van der Waals surface area contributed by atoms with Gasteiger partial charge in [-0.15, -0.1) is 0 Å². The fourth-order valence-corrected chi connectivity index (χ4v) is 5.03. The summed E-state index contributed by atoms with van der Waals surface area (Å²) in [6.07, 6.45) is 6.92. The van der Waals surface area contributed by atoms with Gasteiger partial charge >= 0.3 is 0 Å². The Hall–Kier alpha value is -3.97. The van der Waals surface area contributed by atoms with Crippen molar-refractivity contribution >= 4 is 34.5 Å². The number of aryl methyl sites for hydroxylation is 2. The first-order chi connectivity index (χ1) is 16.7. The highest BCUT2D eigenvalue weighted by atomic mass is 32.2. The molecule has 0 N–H and O–H groups in total. The summed E-state index contributed by atoms with van der Waals surface area (Å²) in [5.74, 6) is -0.0889. The van der Waals surface area contributed by atoms with Gasteiger partial charge in [0.05, 0.1) is 16.9 Å². The van der Waals surface area contributed by atoms with Crippen molar-refractivity contribution in [1.82, 2.24) is 24.5 Å². The van der Waals surface area contributed by atoms with Crippen LogP contribution >= 0.6 is 11.8 Å². The number of hydrogen-bond donors (Lipinski definition) is 0. The predicted octanol–water partition coefficient (Wildman–Crippen LogP) is 5.99. The molecule has 0 fully saturated rings. The summed E-state index contributed by atoms with van der Waals surface area (Å²) < 4.78 is 3.63. The molecule has 0 aliphatic carbocycles. The molecule has 3 heterocycles. The van der Waals surface area contributed by atoms with Gasteiger partial charge in [0.2, 0.25) is 5.78 Å². The molecular formula is C27H23N5OS. The fraction of sp³-hybridized carbons (Fsp3) is 0.111. The number of fused-ring (bicyclic) bond motifs is 1. The van der Waals surface area contributed by atoms with Crippen LogP contribution in [0.4, 0.5) is 0 Å². The third-order valence-corrected chi connectivity index (χ3v) is 6.67.